The lowest BCUT2D eigenvalue weighted by Crippen LogP contribution is -2.37. The second-order valence-electron chi connectivity index (χ2n) is 11.7. The van der Waals surface area contributed by atoms with E-state index in [1.54, 1.807) is 0 Å². The molecule has 2 fully saturated rings. The van der Waals surface area contributed by atoms with Gasteiger partial charge in [-0.2, -0.15) is 0 Å². The fourth-order valence-electron chi connectivity index (χ4n) is 6.68. The van der Waals surface area contributed by atoms with E-state index >= 15 is 0 Å². The van der Waals surface area contributed by atoms with E-state index in [0.29, 0.717) is 23.3 Å². The van der Waals surface area contributed by atoms with Gasteiger partial charge in [-0.3, -0.25) is 4.79 Å². The maximum absolute atomic E-state index is 14.0. The molecule has 0 aliphatic heterocycles. The first-order valence-electron chi connectivity index (χ1n) is 12.5. The number of carbonyl (C=O) groups is 1. The average molecular weight is 449 g/mol. The molecule has 0 heterocycles. The monoisotopic (exact) mass is 448 g/mol. The Balaban J connectivity index is 1.73. The van der Waals surface area contributed by atoms with E-state index in [1.165, 1.54) is 24.0 Å². The van der Waals surface area contributed by atoms with Crippen molar-refractivity contribution in [1.82, 2.24) is 0 Å². The standard InChI is InChI=1S/C29H40O2Si/c1-20(2)24-18-17-21(3)19-25(24)31-28(30)26-27(32(4,5)6)29(26,22-13-9-7-10-14-22)23-15-11-8-12-16-23/h7-16,20-21,24-27H,17-19H2,1-6H3/t21-,24+,25+,26-,27-/m1/s1. The van der Waals surface area contributed by atoms with Gasteiger partial charge in [0.1, 0.15) is 6.10 Å². The summed E-state index contributed by atoms with van der Waals surface area (Å²) in [4.78, 5) is 14.0. The van der Waals surface area contributed by atoms with Gasteiger partial charge in [0.05, 0.1) is 5.92 Å². The topological polar surface area (TPSA) is 26.3 Å². The highest BCUT2D eigenvalue weighted by Gasteiger charge is 2.73. The molecule has 2 aromatic carbocycles. The lowest BCUT2D eigenvalue weighted by molar-refractivity contribution is -0.158. The molecule has 0 saturated heterocycles. The van der Waals surface area contributed by atoms with E-state index in [-0.39, 0.29) is 23.4 Å². The van der Waals surface area contributed by atoms with Crippen molar-refractivity contribution < 1.29 is 9.53 Å². The lowest BCUT2D eigenvalue weighted by atomic mass is 9.75. The summed E-state index contributed by atoms with van der Waals surface area (Å²) in [6.45, 7) is 14.1. The van der Waals surface area contributed by atoms with Gasteiger partial charge in [0, 0.05) is 13.5 Å². The van der Waals surface area contributed by atoms with Gasteiger partial charge < -0.3 is 4.74 Å². The van der Waals surface area contributed by atoms with Crippen LogP contribution in [0.5, 0.6) is 0 Å². The normalized spacial score (nSPS) is 29.5. The van der Waals surface area contributed by atoms with Crippen molar-refractivity contribution >= 4 is 14.0 Å². The molecule has 0 spiro atoms. The van der Waals surface area contributed by atoms with Gasteiger partial charge in [0.2, 0.25) is 0 Å². The zero-order chi connectivity index (χ0) is 23.1. The highest BCUT2D eigenvalue weighted by Crippen LogP contribution is 2.72. The highest BCUT2D eigenvalue weighted by atomic mass is 28.3. The molecule has 2 aliphatic rings. The molecule has 3 heteroatoms. The quantitative estimate of drug-likeness (QED) is 0.342. The molecule has 0 bridgehead atoms. The van der Waals surface area contributed by atoms with Crippen molar-refractivity contribution in [2.24, 2.45) is 23.7 Å². The molecular weight excluding hydrogens is 408 g/mol. The Morgan fingerprint density at radius 2 is 1.47 bits per heavy atom. The predicted molar refractivity (Wildman–Crippen MR) is 135 cm³/mol. The van der Waals surface area contributed by atoms with Crippen LogP contribution < -0.4 is 0 Å². The lowest BCUT2D eigenvalue weighted by Gasteiger charge is -2.37. The fraction of sp³-hybridized carbons (Fsp3) is 0.552. The van der Waals surface area contributed by atoms with Crippen LogP contribution in [-0.4, -0.2) is 20.1 Å². The van der Waals surface area contributed by atoms with Crippen molar-refractivity contribution in [2.45, 2.75) is 76.7 Å². The Morgan fingerprint density at radius 3 is 1.94 bits per heavy atom. The molecule has 2 aliphatic carbocycles. The summed E-state index contributed by atoms with van der Waals surface area (Å²) in [5.41, 5.74) is 2.60. The summed E-state index contributed by atoms with van der Waals surface area (Å²) >= 11 is 0. The van der Waals surface area contributed by atoms with Crippen LogP contribution in [0, 0.1) is 23.7 Å². The molecule has 32 heavy (non-hydrogen) atoms. The minimum absolute atomic E-state index is 0.0369. The first-order chi connectivity index (χ1) is 15.2. The highest BCUT2D eigenvalue weighted by molar-refractivity contribution is 6.79. The third-order valence-electron chi connectivity index (χ3n) is 8.12. The number of ether oxygens (including phenoxy) is 1. The zero-order valence-electron chi connectivity index (χ0n) is 20.7. The first-order valence-corrected chi connectivity index (χ1v) is 16.1. The Morgan fingerprint density at radius 1 is 0.938 bits per heavy atom. The van der Waals surface area contributed by atoms with Crippen LogP contribution in [0.15, 0.2) is 60.7 Å². The van der Waals surface area contributed by atoms with Gasteiger partial charge in [0.15, 0.2) is 0 Å². The molecule has 2 nitrogen and oxygen atoms in total. The number of esters is 1. The molecule has 5 atom stereocenters. The van der Waals surface area contributed by atoms with Crippen LogP contribution in [0.25, 0.3) is 0 Å². The largest absolute Gasteiger partial charge is 0.462 e. The van der Waals surface area contributed by atoms with E-state index in [1.807, 2.05) is 0 Å². The SMILES string of the molecule is CC(C)[C@@H]1CC[C@@H](C)C[C@@H]1OC(=O)[C@H]1[C@@H]([Si](C)(C)C)C1(c1ccccc1)c1ccccc1. The summed E-state index contributed by atoms with van der Waals surface area (Å²) in [6.07, 6.45) is 3.47. The third kappa shape index (κ3) is 4.09. The van der Waals surface area contributed by atoms with Crippen LogP contribution in [0.1, 0.15) is 51.2 Å². The summed E-state index contributed by atoms with van der Waals surface area (Å²) < 4.78 is 6.47. The fourth-order valence-corrected chi connectivity index (χ4v) is 9.86. The molecular formula is C29H40O2Si. The zero-order valence-corrected chi connectivity index (χ0v) is 21.7. The number of hydrogen-bond donors (Lipinski definition) is 0. The van der Waals surface area contributed by atoms with Crippen molar-refractivity contribution in [3.8, 4) is 0 Å². The maximum Gasteiger partial charge on any atom is 0.310 e. The maximum atomic E-state index is 14.0. The predicted octanol–water partition coefficient (Wildman–Crippen LogP) is 7.31. The number of rotatable bonds is 6. The Hall–Kier alpha value is -1.87. The van der Waals surface area contributed by atoms with E-state index in [2.05, 4.69) is 101 Å². The molecule has 0 N–H and O–H groups in total. The molecule has 2 saturated carbocycles. The molecule has 0 unspecified atom stereocenters. The van der Waals surface area contributed by atoms with Crippen LogP contribution >= 0.6 is 0 Å². The van der Waals surface area contributed by atoms with Crippen LogP contribution in [0.4, 0.5) is 0 Å². The van der Waals surface area contributed by atoms with Gasteiger partial charge in [-0.15, -0.1) is 0 Å². The minimum Gasteiger partial charge on any atom is -0.462 e. The second-order valence-corrected chi connectivity index (χ2v) is 17.1. The number of benzene rings is 2. The van der Waals surface area contributed by atoms with Gasteiger partial charge >= 0.3 is 5.97 Å². The van der Waals surface area contributed by atoms with Crippen LogP contribution in [-0.2, 0) is 14.9 Å². The Labute approximate surface area is 195 Å². The van der Waals surface area contributed by atoms with E-state index in [0.717, 1.165) is 6.42 Å². The smallest absolute Gasteiger partial charge is 0.310 e. The molecule has 0 aromatic heterocycles. The van der Waals surface area contributed by atoms with Crippen molar-refractivity contribution in [2.75, 3.05) is 0 Å². The molecule has 4 rings (SSSR count). The number of hydrogen-bond acceptors (Lipinski definition) is 2. The average Bonchev–Trinajstić information content (AvgIpc) is 3.47. The van der Waals surface area contributed by atoms with Gasteiger partial charge in [0.25, 0.3) is 0 Å². The van der Waals surface area contributed by atoms with E-state index in [9.17, 15) is 4.79 Å². The first kappa shape index (κ1) is 23.3. The molecule has 172 valence electrons. The second kappa shape index (κ2) is 8.82. The third-order valence-corrected chi connectivity index (χ3v) is 10.8. The van der Waals surface area contributed by atoms with Gasteiger partial charge in [-0.1, -0.05) is 107 Å². The van der Waals surface area contributed by atoms with E-state index < -0.39 is 8.07 Å². The number of carbonyl (C=O) groups excluding carboxylic acids is 1. The molecule has 0 radical (unpaired) electrons. The van der Waals surface area contributed by atoms with Crippen LogP contribution in [0.2, 0.25) is 25.2 Å². The van der Waals surface area contributed by atoms with Crippen molar-refractivity contribution in [3.05, 3.63) is 71.8 Å². The summed E-state index contributed by atoms with van der Waals surface area (Å²) in [7, 11) is -1.67. The molecule has 2 aromatic rings. The van der Waals surface area contributed by atoms with Crippen molar-refractivity contribution in [3.63, 3.8) is 0 Å². The summed E-state index contributed by atoms with van der Waals surface area (Å²) in [6, 6.07) is 21.4. The van der Waals surface area contributed by atoms with E-state index in [4.69, 9.17) is 4.74 Å². The van der Waals surface area contributed by atoms with Gasteiger partial charge in [-0.05, 0) is 47.3 Å². The minimum atomic E-state index is -1.67. The van der Waals surface area contributed by atoms with Crippen LogP contribution in [0.3, 0.4) is 0 Å². The summed E-state index contributed by atoms with van der Waals surface area (Å²) in [5.74, 6) is 1.59. The Kier molecular flexibility index (Phi) is 6.42. The van der Waals surface area contributed by atoms with Crippen molar-refractivity contribution in [1.29, 1.82) is 0 Å². The molecule has 0 amide bonds. The Bertz CT molecular complexity index is 876. The van der Waals surface area contributed by atoms with Gasteiger partial charge in [-0.25, -0.2) is 0 Å². The summed E-state index contributed by atoms with van der Waals surface area (Å²) in [5, 5.41) is 0.